The number of ketones is 1. The molecule has 2 N–H and O–H groups in total. The number of amides is 1. The van der Waals surface area contributed by atoms with Crippen LogP contribution in [0.5, 0.6) is 0 Å². The number of carbonyl (C=O) groups is 2. The highest BCUT2D eigenvalue weighted by Crippen LogP contribution is 2.28. The molecule has 3 aromatic heterocycles. The van der Waals surface area contributed by atoms with E-state index in [2.05, 4.69) is 20.3 Å². The summed E-state index contributed by atoms with van der Waals surface area (Å²) in [6.45, 7) is 2.04. The van der Waals surface area contributed by atoms with Crippen molar-refractivity contribution in [1.82, 2.24) is 15.0 Å². The molecule has 1 aliphatic rings. The predicted molar refractivity (Wildman–Crippen MR) is 90.1 cm³/mol. The number of nitrogens with zero attached hydrogens (tertiary/aromatic N) is 2. The lowest BCUT2D eigenvalue weighted by Gasteiger charge is -2.17. The van der Waals surface area contributed by atoms with Crippen LogP contribution in [0.15, 0.2) is 36.7 Å². The van der Waals surface area contributed by atoms with Gasteiger partial charge in [0.05, 0.1) is 11.1 Å². The smallest absolute Gasteiger partial charge is 0.259 e. The minimum absolute atomic E-state index is 0.0169. The molecule has 24 heavy (non-hydrogen) atoms. The molecule has 0 aromatic carbocycles. The topological polar surface area (TPSA) is 87.7 Å². The molecule has 4 rings (SSSR count). The molecule has 6 nitrogen and oxygen atoms in total. The van der Waals surface area contributed by atoms with Crippen molar-refractivity contribution in [3.05, 3.63) is 53.5 Å². The van der Waals surface area contributed by atoms with E-state index in [1.807, 2.05) is 25.1 Å². The number of anilines is 1. The number of hydrogen-bond donors (Lipinski definition) is 2. The molecule has 3 aromatic rings. The minimum Gasteiger partial charge on any atom is -0.364 e. The Morgan fingerprint density at radius 1 is 1.29 bits per heavy atom. The van der Waals surface area contributed by atoms with E-state index in [1.165, 1.54) is 0 Å². The number of aromatic nitrogens is 3. The zero-order chi connectivity index (χ0) is 16.7. The van der Waals surface area contributed by atoms with Crippen LogP contribution < -0.4 is 5.32 Å². The van der Waals surface area contributed by atoms with Gasteiger partial charge in [-0.1, -0.05) is 6.92 Å². The third kappa shape index (κ3) is 2.46. The number of fused-ring (bicyclic) bond motifs is 2. The maximum Gasteiger partial charge on any atom is 0.259 e. The van der Waals surface area contributed by atoms with Crippen LogP contribution in [0.1, 0.15) is 39.8 Å². The van der Waals surface area contributed by atoms with E-state index in [0.29, 0.717) is 34.9 Å². The summed E-state index contributed by atoms with van der Waals surface area (Å²) < 4.78 is 0. The Labute approximate surface area is 138 Å². The van der Waals surface area contributed by atoms with E-state index in [9.17, 15) is 9.59 Å². The number of carbonyl (C=O) groups excluding carboxylic acids is 2. The first-order valence-electron chi connectivity index (χ1n) is 7.88. The lowest BCUT2D eigenvalue weighted by Crippen LogP contribution is -2.21. The Morgan fingerprint density at radius 2 is 2.17 bits per heavy atom. The number of hydrogen-bond acceptors (Lipinski definition) is 4. The summed E-state index contributed by atoms with van der Waals surface area (Å²) in [6.07, 6.45) is 4.52. The van der Waals surface area contributed by atoms with Gasteiger partial charge in [0, 0.05) is 29.9 Å². The highest BCUT2D eigenvalue weighted by molar-refractivity contribution is 6.13. The molecule has 0 radical (unpaired) electrons. The normalized spacial score (nSPS) is 16.9. The summed E-state index contributed by atoms with van der Waals surface area (Å²) >= 11 is 0. The van der Waals surface area contributed by atoms with Crippen LogP contribution in [-0.4, -0.2) is 26.6 Å². The van der Waals surface area contributed by atoms with Gasteiger partial charge in [-0.2, -0.15) is 0 Å². The van der Waals surface area contributed by atoms with Crippen molar-refractivity contribution in [1.29, 1.82) is 0 Å². The van der Waals surface area contributed by atoms with Crippen molar-refractivity contribution in [2.24, 2.45) is 5.92 Å². The van der Waals surface area contributed by atoms with Crippen LogP contribution in [0.4, 0.5) is 5.82 Å². The molecule has 1 unspecified atom stereocenters. The Hall–Kier alpha value is -3.02. The van der Waals surface area contributed by atoms with E-state index in [-0.39, 0.29) is 11.7 Å². The fraction of sp³-hybridized carbons (Fsp3) is 0.222. The first kappa shape index (κ1) is 14.6. The molecule has 0 bridgehead atoms. The number of pyridine rings is 2. The molecule has 6 heteroatoms. The Balaban J connectivity index is 1.63. The van der Waals surface area contributed by atoms with Gasteiger partial charge in [-0.25, -0.2) is 9.97 Å². The molecule has 0 spiro atoms. The predicted octanol–water partition coefficient (Wildman–Crippen LogP) is 2.98. The van der Waals surface area contributed by atoms with E-state index < -0.39 is 0 Å². The molecular formula is C18H16N4O2. The van der Waals surface area contributed by atoms with E-state index in [4.69, 9.17) is 0 Å². The van der Waals surface area contributed by atoms with Gasteiger partial charge in [0.1, 0.15) is 5.82 Å². The lowest BCUT2D eigenvalue weighted by atomic mass is 9.86. The molecule has 0 aliphatic heterocycles. The van der Waals surface area contributed by atoms with Crippen molar-refractivity contribution < 1.29 is 9.59 Å². The van der Waals surface area contributed by atoms with E-state index in [1.54, 1.807) is 18.5 Å². The van der Waals surface area contributed by atoms with Crippen molar-refractivity contribution in [3.8, 4) is 0 Å². The summed E-state index contributed by atoms with van der Waals surface area (Å²) in [4.78, 5) is 36.4. The zero-order valence-electron chi connectivity index (χ0n) is 13.2. The summed E-state index contributed by atoms with van der Waals surface area (Å²) in [5.41, 5.74) is 2.31. The Morgan fingerprint density at radius 3 is 3.04 bits per heavy atom. The second-order valence-corrected chi connectivity index (χ2v) is 6.19. The molecule has 0 fully saturated rings. The van der Waals surface area contributed by atoms with Gasteiger partial charge in [0.15, 0.2) is 11.4 Å². The first-order chi connectivity index (χ1) is 11.6. The molecule has 1 amide bonds. The fourth-order valence-electron chi connectivity index (χ4n) is 3.17. The maximum absolute atomic E-state index is 12.6. The largest absolute Gasteiger partial charge is 0.364 e. The molecule has 1 atom stereocenters. The summed E-state index contributed by atoms with van der Waals surface area (Å²) in [5, 5.41) is 3.66. The second-order valence-electron chi connectivity index (χ2n) is 6.19. The van der Waals surface area contributed by atoms with Crippen LogP contribution in [0.2, 0.25) is 0 Å². The lowest BCUT2D eigenvalue weighted by molar-refractivity contribution is 0.0940. The van der Waals surface area contributed by atoms with Crippen LogP contribution in [0.25, 0.3) is 11.0 Å². The van der Waals surface area contributed by atoms with Crippen molar-refractivity contribution in [2.45, 2.75) is 19.8 Å². The van der Waals surface area contributed by atoms with E-state index >= 15 is 0 Å². The number of H-pyrrole nitrogens is 1. The summed E-state index contributed by atoms with van der Waals surface area (Å²) in [5.74, 6) is 0.395. The number of Topliss-reactive ketones (excluding diaryl/α,β-unsaturated/α-hetero) is 1. The van der Waals surface area contributed by atoms with Gasteiger partial charge in [-0.05, 0) is 36.6 Å². The monoisotopic (exact) mass is 320 g/mol. The maximum atomic E-state index is 12.6. The van der Waals surface area contributed by atoms with Crippen LogP contribution >= 0.6 is 0 Å². The molecule has 0 saturated heterocycles. The average molecular weight is 320 g/mol. The summed E-state index contributed by atoms with van der Waals surface area (Å²) in [6, 6.07) is 7.32. The van der Waals surface area contributed by atoms with Crippen LogP contribution in [-0.2, 0) is 6.42 Å². The van der Waals surface area contributed by atoms with Gasteiger partial charge in [0.2, 0.25) is 0 Å². The fourth-order valence-corrected chi connectivity index (χ4v) is 3.17. The third-order valence-corrected chi connectivity index (χ3v) is 4.28. The van der Waals surface area contributed by atoms with Gasteiger partial charge in [-0.3, -0.25) is 9.59 Å². The highest BCUT2D eigenvalue weighted by Gasteiger charge is 2.29. The average Bonchev–Trinajstić information content (AvgIpc) is 2.99. The molecule has 120 valence electrons. The second kappa shape index (κ2) is 5.56. The Kier molecular flexibility index (Phi) is 3.37. The molecular weight excluding hydrogens is 304 g/mol. The SMILES string of the molecule is CC1CC(=O)c2c(C(=O)Nc3ccc4cccnc4n3)c[nH]c2C1. The van der Waals surface area contributed by atoms with Crippen LogP contribution in [0.3, 0.4) is 0 Å². The van der Waals surface area contributed by atoms with Gasteiger partial charge >= 0.3 is 0 Å². The quantitative estimate of drug-likeness (QED) is 0.760. The van der Waals surface area contributed by atoms with Crippen molar-refractivity contribution in [3.63, 3.8) is 0 Å². The molecule has 1 aliphatic carbocycles. The van der Waals surface area contributed by atoms with Gasteiger partial charge < -0.3 is 10.3 Å². The Bertz CT molecular complexity index is 961. The standard InChI is InChI=1S/C18H16N4O2/c1-10-7-13-16(14(23)8-10)12(9-20-13)18(24)22-15-5-4-11-3-2-6-19-17(11)21-15/h2-6,9-10,20H,7-8H2,1H3,(H,19,21,22,24). The zero-order valence-corrected chi connectivity index (χ0v) is 13.2. The molecule has 3 heterocycles. The van der Waals surface area contributed by atoms with E-state index in [0.717, 1.165) is 17.5 Å². The number of rotatable bonds is 2. The molecule has 0 saturated carbocycles. The van der Waals surface area contributed by atoms with Gasteiger partial charge in [0.25, 0.3) is 5.91 Å². The van der Waals surface area contributed by atoms with Gasteiger partial charge in [-0.15, -0.1) is 0 Å². The first-order valence-corrected chi connectivity index (χ1v) is 7.88. The van der Waals surface area contributed by atoms with Crippen LogP contribution in [0, 0.1) is 5.92 Å². The van der Waals surface area contributed by atoms with Crippen molar-refractivity contribution >= 4 is 28.5 Å². The highest BCUT2D eigenvalue weighted by atomic mass is 16.2. The number of nitrogens with one attached hydrogen (secondary N) is 2. The van der Waals surface area contributed by atoms with Crippen molar-refractivity contribution in [2.75, 3.05) is 5.32 Å². The third-order valence-electron chi connectivity index (χ3n) is 4.28. The summed E-state index contributed by atoms with van der Waals surface area (Å²) in [7, 11) is 0. The number of aromatic amines is 1. The minimum atomic E-state index is -0.335.